The van der Waals surface area contributed by atoms with E-state index in [0.717, 1.165) is 0 Å². The van der Waals surface area contributed by atoms with Crippen molar-refractivity contribution in [3.05, 3.63) is 29.0 Å². The number of rotatable bonds is 5. The molecule has 0 fully saturated rings. The Bertz CT molecular complexity index is 462. The molecule has 16 heavy (non-hydrogen) atoms. The van der Waals surface area contributed by atoms with Gasteiger partial charge in [0.1, 0.15) is 0 Å². The van der Waals surface area contributed by atoms with Gasteiger partial charge in [-0.15, -0.1) is 0 Å². The van der Waals surface area contributed by atoms with E-state index < -0.39 is 14.9 Å². The minimum Gasteiger partial charge on any atom is -0.490 e. The van der Waals surface area contributed by atoms with Crippen LogP contribution in [0.2, 0.25) is 5.02 Å². The Morgan fingerprint density at radius 2 is 2.06 bits per heavy atom. The number of halogens is 3. The van der Waals surface area contributed by atoms with Gasteiger partial charge in [0.05, 0.1) is 17.4 Å². The minimum absolute atomic E-state index is 0.000490. The number of hydrogen-bond acceptors (Lipinski definition) is 3. The monoisotopic (exact) mass is 286 g/mol. The van der Waals surface area contributed by atoms with E-state index in [0.29, 0.717) is 0 Å². The van der Waals surface area contributed by atoms with Crippen LogP contribution in [0, 0.1) is 5.82 Å². The van der Waals surface area contributed by atoms with Crippen molar-refractivity contribution in [1.29, 1.82) is 0 Å². The summed E-state index contributed by atoms with van der Waals surface area (Å²) in [4.78, 5) is 0. The first-order valence-electron chi connectivity index (χ1n) is 4.39. The van der Waals surface area contributed by atoms with Crippen LogP contribution in [0.1, 0.15) is 6.42 Å². The fourth-order valence-electron chi connectivity index (χ4n) is 1.01. The Labute approximate surface area is 103 Å². The van der Waals surface area contributed by atoms with E-state index in [1.807, 2.05) is 0 Å². The summed E-state index contributed by atoms with van der Waals surface area (Å²) >= 11 is 5.53. The SMILES string of the molecule is O=S(=O)(Cl)CCCOc1cccc(Cl)c1F. The zero-order valence-corrected chi connectivity index (χ0v) is 10.4. The van der Waals surface area contributed by atoms with Gasteiger partial charge in [-0.1, -0.05) is 17.7 Å². The summed E-state index contributed by atoms with van der Waals surface area (Å²) < 4.78 is 39.4. The molecular formula is C9H9Cl2FO3S. The number of benzene rings is 1. The minimum atomic E-state index is -3.52. The Hall–Kier alpha value is -0.520. The van der Waals surface area contributed by atoms with E-state index in [1.54, 1.807) is 6.07 Å². The molecule has 7 heteroatoms. The van der Waals surface area contributed by atoms with Crippen LogP contribution in [0.3, 0.4) is 0 Å². The molecular weight excluding hydrogens is 278 g/mol. The molecule has 0 unspecified atom stereocenters. The van der Waals surface area contributed by atoms with Gasteiger partial charge in [0, 0.05) is 10.7 Å². The fourth-order valence-corrected chi connectivity index (χ4v) is 1.96. The molecule has 0 aromatic heterocycles. The molecule has 0 atom stereocenters. The maximum atomic E-state index is 13.3. The molecule has 0 saturated heterocycles. The van der Waals surface area contributed by atoms with E-state index in [4.69, 9.17) is 27.0 Å². The fraction of sp³-hybridized carbons (Fsp3) is 0.333. The highest BCUT2D eigenvalue weighted by molar-refractivity contribution is 8.13. The Balaban J connectivity index is 2.47. The Morgan fingerprint density at radius 3 is 2.69 bits per heavy atom. The maximum Gasteiger partial charge on any atom is 0.232 e. The smallest absolute Gasteiger partial charge is 0.232 e. The van der Waals surface area contributed by atoms with Crippen molar-refractivity contribution < 1.29 is 17.5 Å². The van der Waals surface area contributed by atoms with E-state index in [2.05, 4.69) is 0 Å². The van der Waals surface area contributed by atoms with Gasteiger partial charge in [-0.05, 0) is 18.6 Å². The normalized spacial score (nSPS) is 11.4. The number of ether oxygens (including phenoxy) is 1. The molecule has 3 nitrogen and oxygen atoms in total. The van der Waals surface area contributed by atoms with Gasteiger partial charge < -0.3 is 4.74 Å². The van der Waals surface area contributed by atoms with Crippen LogP contribution in [0.25, 0.3) is 0 Å². The highest BCUT2D eigenvalue weighted by Crippen LogP contribution is 2.24. The third-order valence-electron chi connectivity index (χ3n) is 1.71. The van der Waals surface area contributed by atoms with Gasteiger partial charge in [0.2, 0.25) is 9.05 Å². The van der Waals surface area contributed by atoms with E-state index in [9.17, 15) is 12.8 Å². The van der Waals surface area contributed by atoms with Crippen molar-refractivity contribution >= 4 is 31.3 Å². The van der Waals surface area contributed by atoms with Crippen LogP contribution in [0.5, 0.6) is 5.75 Å². The molecule has 0 heterocycles. The summed E-state index contributed by atoms with van der Waals surface area (Å²) in [5.74, 6) is -0.867. The van der Waals surface area contributed by atoms with Crippen molar-refractivity contribution in [2.45, 2.75) is 6.42 Å². The predicted molar refractivity (Wildman–Crippen MR) is 61.2 cm³/mol. The van der Waals surface area contributed by atoms with Crippen molar-refractivity contribution in [3.8, 4) is 5.75 Å². The second kappa shape index (κ2) is 5.70. The molecule has 0 saturated carbocycles. The molecule has 0 amide bonds. The average molecular weight is 287 g/mol. The van der Waals surface area contributed by atoms with Crippen molar-refractivity contribution in [3.63, 3.8) is 0 Å². The topological polar surface area (TPSA) is 43.4 Å². The van der Waals surface area contributed by atoms with Crippen LogP contribution in [-0.2, 0) is 9.05 Å². The zero-order valence-electron chi connectivity index (χ0n) is 8.12. The average Bonchev–Trinajstić information content (AvgIpc) is 2.17. The van der Waals surface area contributed by atoms with Crippen LogP contribution in [0.15, 0.2) is 18.2 Å². The molecule has 0 N–H and O–H groups in total. The van der Waals surface area contributed by atoms with Gasteiger partial charge in [-0.25, -0.2) is 12.8 Å². The summed E-state index contributed by atoms with van der Waals surface area (Å²) in [5.41, 5.74) is 0. The Morgan fingerprint density at radius 1 is 1.38 bits per heavy atom. The van der Waals surface area contributed by atoms with Gasteiger partial charge in [0.25, 0.3) is 0 Å². The first-order chi connectivity index (χ1) is 7.40. The molecule has 0 aliphatic heterocycles. The van der Waals surface area contributed by atoms with Gasteiger partial charge in [-0.3, -0.25) is 0 Å². The first kappa shape index (κ1) is 13.5. The molecule has 0 spiro atoms. The summed E-state index contributed by atoms with van der Waals surface area (Å²) in [6.07, 6.45) is 0.192. The lowest BCUT2D eigenvalue weighted by atomic mass is 10.3. The van der Waals surface area contributed by atoms with Gasteiger partial charge in [0.15, 0.2) is 11.6 Å². The standard InChI is InChI=1S/C9H9Cl2FO3S/c10-7-3-1-4-8(9(7)12)15-5-2-6-16(11,13)14/h1,3-4H,2,5-6H2. The summed E-state index contributed by atoms with van der Waals surface area (Å²) in [7, 11) is 1.47. The molecule has 0 aliphatic carbocycles. The van der Waals surface area contributed by atoms with Crippen molar-refractivity contribution in [2.24, 2.45) is 0 Å². The van der Waals surface area contributed by atoms with E-state index in [-0.39, 0.29) is 29.6 Å². The quantitative estimate of drug-likeness (QED) is 0.618. The Kier molecular flexibility index (Phi) is 4.83. The molecule has 1 aromatic rings. The lowest BCUT2D eigenvalue weighted by molar-refractivity contribution is 0.302. The molecule has 0 radical (unpaired) electrons. The second-order valence-electron chi connectivity index (χ2n) is 3.00. The van der Waals surface area contributed by atoms with Crippen molar-refractivity contribution in [2.75, 3.05) is 12.4 Å². The van der Waals surface area contributed by atoms with E-state index in [1.165, 1.54) is 12.1 Å². The largest absolute Gasteiger partial charge is 0.490 e. The van der Waals surface area contributed by atoms with Gasteiger partial charge in [-0.2, -0.15) is 0 Å². The molecule has 90 valence electrons. The maximum absolute atomic E-state index is 13.3. The molecule has 0 bridgehead atoms. The first-order valence-corrected chi connectivity index (χ1v) is 7.25. The summed E-state index contributed by atoms with van der Waals surface area (Å²) in [6.45, 7) is 0.0587. The van der Waals surface area contributed by atoms with Crippen LogP contribution in [-0.4, -0.2) is 20.8 Å². The van der Waals surface area contributed by atoms with Crippen LogP contribution >= 0.6 is 22.3 Å². The van der Waals surface area contributed by atoms with E-state index >= 15 is 0 Å². The summed E-state index contributed by atoms with van der Waals surface area (Å²) in [6, 6.07) is 4.35. The predicted octanol–water partition coefficient (Wildman–Crippen LogP) is 2.82. The zero-order chi connectivity index (χ0) is 12.2. The lowest BCUT2D eigenvalue weighted by Crippen LogP contribution is -2.05. The van der Waals surface area contributed by atoms with Crippen molar-refractivity contribution in [1.82, 2.24) is 0 Å². The van der Waals surface area contributed by atoms with Crippen LogP contribution in [0.4, 0.5) is 4.39 Å². The second-order valence-corrected chi connectivity index (χ2v) is 6.30. The lowest BCUT2D eigenvalue weighted by Gasteiger charge is -2.06. The molecule has 0 aliphatic rings. The van der Waals surface area contributed by atoms with Crippen LogP contribution < -0.4 is 4.74 Å². The van der Waals surface area contributed by atoms with Gasteiger partial charge >= 0.3 is 0 Å². The molecule has 1 rings (SSSR count). The number of hydrogen-bond donors (Lipinski definition) is 0. The summed E-state index contributed by atoms with van der Waals surface area (Å²) in [5, 5.41) is -0.0394. The molecule has 1 aromatic carbocycles. The third-order valence-corrected chi connectivity index (χ3v) is 3.24. The highest BCUT2D eigenvalue weighted by Gasteiger charge is 2.08. The third kappa shape index (κ3) is 4.55. The highest BCUT2D eigenvalue weighted by atomic mass is 35.7.